The lowest BCUT2D eigenvalue weighted by Gasteiger charge is -2.51. The molecule has 4 N–H and O–H groups in total. The molecule has 0 aromatic rings. The van der Waals surface area contributed by atoms with E-state index in [1.807, 2.05) is 0 Å². The summed E-state index contributed by atoms with van der Waals surface area (Å²) < 4.78 is 0. The molecule has 0 aromatic heterocycles. The Labute approximate surface area is 67.6 Å². The van der Waals surface area contributed by atoms with Gasteiger partial charge in [-0.15, -0.1) is 0 Å². The third kappa shape index (κ3) is 0.932. The molecule has 0 amide bonds. The van der Waals surface area contributed by atoms with Gasteiger partial charge in [0, 0.05) is 11.1 Å². The fourth-order valence-corrected chi connectivity index (χ4v) is 2.33. The summed E-state index contributed by atoms with van der Waals surface area (Å²) in [6, 6.07) is 0. The van der Waals surface area contributed by atoms with Gasteiger partial charge in [-0.25, -0.2) is 0 Å². The molecule has 0 atom stereocenters. The number of hydrogen-bond donors (Lipinski definition) is 2. The lowest BCUT2D eigenvalue weighted by Crippen LogP contribution is -2.59. The highest BCUT2D eigenvalue weighted by Gasteiger charge is 2.46. The molecule has 0 heterocycles. The van der Waals surface area contributed by atoms with Crippen molar-refractivity contribution in [2.24, 2.45) is 11.5 Å². The molecular weight excluding hydrogens is 136 g/mol. The van der Waals surface area contributed by atoms with Crippen LogP contribution in [0, 0.1) is 0 Å². The molecule has 0 unspecified atom stereocenters. The van der Waals surface area contributed by atoms with E-state index in [1.54, 1.807) is 0 Å². The maximum atomic E-state index is 6.14. The quantitative estimate of drug-likeness (QED) is 0.507. The standard InChI is InChI=1S/C9H16N2/c1-7-6-8(10)2-4-9(7,11)5-3-8/h1-6,10-11H2/t8-,9-. The predicted octanol–water partition coefficient (Wildman–Crippen LogP) is 0.915. The third-order valence-corrected chi connectivity index (χ3v) is 3.41. The third-order valence-electron chi connectivity index (χ3n) is 3.41. The van der Waals surface area contributed by atoms with Crippen LogP contribution in [0.1, 0.15) is 32.1 Å². The van der Waals surface area contributed by atoms with E-state index in [2.05, 4.69) is 6.58 Å². The van der Waals surface area contributed by atoms with Gasteiger partial charge in [0.05, 0.1) is 0 Å². The van der Waals surface area contributed by atoms with Crippen LogP contribution in [0.5, 0.6) is 0 Å². The van der Waals surface area contributed by atoms with Crippen molar-refractivity contribution in [1.82, 2.24) is 0 Å². The van der Waals surface area contributed by atoms with Crippen molar-refractivity contribution in [1.29, 1.82) is 0 Å². The minimum Gasteiger partial charge on any atom is -0.325 e. The zero-order valence-corrected chi connectivity index (χ0v) is 6.90. The first kappa shape index (κ1) is 7.32. The predicted molar refractivity (Wildman–Crippen MR) is 46.1 cm³/mol. The normalized spacial score (nSPS) is 49.8. The van der Waals surface area contributed by atoms with Gasteiger partial charge < -0.3 is 11.5 Å². The Morgan fingerprint density at radius 2 is 1.64 bits per heavy atom. The molecule has 3 aliphatic rings. The molecule has 62 valence electrons. The monoisotopic (exact) mass is 152 g/mol. The van der Waals surface area contributed by atoms with Crippen LogP contribution in [0.4, 0.5) is 0 Å². The molecular formula is C9H16N2. The molecule has 2 nitrogen and oxygen atoms in total. The van der Waals surface area contributed by atoms with Crippen molar-refractivity contribution in [3.8, 4) is 0 Å². The molecule has 11 heavy (non-hydrogen) atoms. The van der Waals surface area contributed by atoms with E-state index in [0.29, 0.717) is 0 Å². The van der Waals surface area contributed by atoms with E-state index >= 15 is 0 Å². The molecule has 2 heteroatoms. The van der Waals surface area contributed by atoms with Gasteiger partial charge in [0.1, 0.15) is 0 Å². The minimum absolute atomic E-state index is 0.0538. The van der Waals surface area contributed by atoms with Crippen molar-refractivity contribution < 1.29 is 0 Å². The molecule has 3 aliphatic carbocycles. The van der Waals surface area contributed by atoms with Crippen LogP contribution in [-0.4, -0.2) is 11.1 Å². The van der Waals surface area contributed by atoms with E-state index < -0.39 is 0 Å². The zero-order chi connectivity index (χ0) is 8.11. The second kappa shape index (κ2) is 1.87. The van der Waals surface area contributed by atoms with Gasteiger partial charge in [0.2, 0.25) is 0 Å². The topological polar surface area (TPSA) is 52.0 Å². The van der Waals surface area contributed by atoms with Gasteiger partial charge in [0.15, 0.2) is 0 Å². The number of nitrogens with two attached hydrogens (primary N) is 2. The molecule has 3 fully saturated rings. The summed E-state index contributed by atoms with van der Waals surface area (Å²) in [5, 5.41) is 0. The highest BCUT2D eigenvalue weighted by Crippen LogP contribution is 2.46. The Kier molecular flexibility index (Phi) is 1.25. The van der Waals surface area contributed by atoms with Gasteiger partial charge in [-0.1, -0.05) is 12.2 Å². The summed E-state index contributed by atoms with van der Waals surface area (Å²) in [6.07, 6.45) is 5.21. The van der Waals surface area contributed by atoms with Crippen LogP contribution in [0.2, 0.25) is 0 Å². The summed E-state index contributed by atoms with van der Waals surface area (Å²) in [5.74, 6) is 0. The first-order valence-electron chi connectivity index (χ1n) is 4.30. The Balaban J connectivity index is 2.29. The van der Waals surface area contributed by atoms with Crippen LogP contribution in [-0.2, 0) is 0 Å². The molecule has 0 aliphatic heterocycles. The Morgan fingerprint density at radius 1 is 1.09 bits per heavy atom. The number of fused-ring (bicyclic) bond motifs is 3. The molecule has 3 rings (SSSR count). The van der Waals surface area contributed by atoms with Crippen molar-refractivity contribution in [3.63, 3.8) is 0 Å². The van der Waals surface area contributed by atoms with E-state index in [4.69, 9.17) is 11.5 Å². The summed E-state index contributed by atoms with van der Waals surface area (Å²) >= 11 is 0. The first-order chi connectivity index (χ1) is 5.04. The summed E-state index contributed by atoms with van der Waals surface area (Å²) in [4.78, 5) is 0. The average Bonchev–Trinajstić information content (AvgIpc) is 1.94. The van der Waals surface area contributed by atoms with Crippen molar-refractivity contribution >= 4 is 0 Å². The second-order valence-electron chi connectivity index (χ2n) is 4.30. The highest BCUT2D eigenvalue weighted by atomic mass is 14.9. The molecule has 0 spiro atoms. The Bertz CT molecular complexity index is 200. The van der Waals surface area contributed by atoms with E-state index in [-0.39, 0.29) is 11.1 Å². The van der Waals surface area contributed by atoms with Crippen molar-refractivity contribution in [3.05, 3.63) is 12.2 Å². The smallest absolute Gasteiger partial charge is 0.0368 e. The van der Waals surface area contributed by atoms with Crippen LogP contribution < -0.4 is 11.5 Å². The van der Waals surface area contributed by atoms with Crippen LogP contribution >= 0.6 is 0 Å². The van der Waals surface area contributed by atoms with Gasteiger partial charge in [-0.05, 0) is 32.1 Å². The van der Waals surface area contributed by atoms with Crippen molar-refractivity contribution in [2.75, 3.05) is 0 Å². The molecule has 0 saturated heterocycles. The van der Waals surface area contributed by atoms with Crippen LogP contribution in [0.3, 0.4) is 0 Å². The summed E-state index contributed by atoms with van der Waals surface area (Å²) in [7, 11) is 0. The SMILES string of the molecule is C=C1C[C@]2(N)CC[C@]1(N)CC2. The molecule has 3 saturated carbocycles. The Morgan fingerprint density at radius 3 is 2.00 bits per heavy atom. The Hall–Kier alpha value is -0.340. The van der Waals surface area contributed by atoms with Gasteiger partial charge >= 0.3 is 0 Å². The van der Waals surface area contributed by atoms with E-state index in [0.717, 1.165) is 32.1 Å². The average molecular weight is 152 g/mol. The number of hydrogen-bond acceptors (Lipinski definition) is 2. The molecule has 2 bridgehead atoms. The van der Waals surface area contributed by atoms with Crippen LogP contribution in [0.25, 0.3) is 0 Å². The maximum absolute atomic E-state index is 6.14. The lowest BCUT2D eigenvalue weighted by molar-refractivity contribution is 0.170. The fourth-order valence-electron chi connectivity index (χ4n) is 2.33. The van der Waals surface area contributed by atoms with Crippen molar-refractivity contribution in [2.45, 2.75) is 43.2 Å². The molecule has 0 radical (unpaired) electrons. The summed E-state index contributed by atoms with van der Waals surface area (Å²) in [6.45, 7) is 4.01. The fraction of sp³-hybridized carbons (Fsp3) is 0.778. The van der Waals surface area contributed by atoms with Crippen LogP contribution in [0.15, 0.2) is 12.2 Å². The highest BCUT2D eigenvalue weighted by molar-refractivity contribution is 5.27. The number of rotatable bonds is 0. The largest absolute Gasteiger partial charge is 0.325 e. The van der Waals surface area contributed by atoms with E-state index in [9.17, 15) is 0 Å². The van der Waals surface area contributed by atoms with E-state index in [1.165, 1.54) is 5.57 Å². The minimum atomic E-state index is -0.0544. The lowest BCUT2D eigenvalue weighted by atomic mass is 9.60. The van der Waals surface area contributed by atoms with Gasteiger partial charge in [0.25, 0.3) is 0 Å². The molecule has 0 aromatic carbocycles. The zero-order valence-electron chi connectivity index (χ0n) is 6.90. The second-order valence-corrected chi connectivity index (χ2v) is 4.30. The summed E-state index contributed by atoms with van der Waals surface area (Å²) in [5.41, 5.74) is 13.5. The maximum Gasteiger partial charge on any atom is 0.0368 e. The first-order valence-corrected chi connectivity index (χ1v) is 4.30. The van der Waals surface area contributed by atoms with Gasteiger partial charge in [-0.3, -0.25) is 0 Å². The van der Waals surface area contributed by atoms with Gasteiger partial charge in [-0.2, -0.15) is 0 Å².